The van der Waals surface area contributed by atoms with E-state index in [4.69, 9.17) is 4.74 Å². The van der Waals surface area contributed by atoms with Crippen LogP contribution in [0, 0.1) is 17.7 Å². The van der Waals surface area contributed by atoms with E-state index in [1.807, 2.05) is 13.8 Å². The molecule has 3 aliphatic heterocycles. The van der Waals surface area contributed by atoms with Gasteiger partial charge in [-0.3, -0.25) is 4.79 Å². The van der Waals surface area contributed by atoms with Gasteiger partial charge in [-0.1, -0.05) is 13.8 Å². The van der Waals surface area contributed by atoms with Crippen molar-refractivity contribution < 1.29 is 26.7 Å². The van der Waals surface area contributed by atoms with Crippen molar-refractivity contribution >= 4 is 15.9 Å². The Morgan fingerprint density at radius 1 is 1.41 bits per heavy atom. The zero-order valence-electron chi connectivity index (χ0n) is 15.1. The van der Waals surface area contributed by atoms with Gasteiger partial charge in [0.2, 0.25) is 16.0 Å². The Kier molecular flexibility index (Phi) is 4.28. The Hall–Kier alpha value is -1.65. The first-order valence-electron chi connectivity index (χ1n) is 8.89. The first kappa shape index (κ1) is 18.7. The summed E-state index contributed by atoms with van der Waals surface area (Å²) in [5.41, 5.74) is -1.43. The molecule has 3 atom stereocenters. The Balaban J connectivity index is 1.63. The second-order valence-corrected chi connectivity index (χ2v) is 10.0. The summed E-state index contributed by atoms with van der Waals surface area (Å²) in [5, 5.41) is -0.717. The third-order valence-corrected chi connectivity index (χ3v) is 7.76. The summed E-state index contributed by atoms with van der Waals surface area (Å²) in [6.45, 7) is 4.60. The summed E-state index contributed by atoms with van der Waals surface area (Å²) in [6.07, 6.45) is 0.537. The van der Waals surface area contributed by atoms with Gasteiger partial charge in [0.15, 0.2) is 5.82 Å². The molecule has 4 rings (SSSR count). The Morgan fingerprint density at radius 2 is 2.15 bits per heavy atom. The highest BCUT2D eigenvalue weighted by molar-refractivity contribution is 7.90. The fraction of sp³-hybridized carbons (Fsp3) is 0.647. The normalized spacial score (nSPS) is 32.1. The highest BCUT2D eigenvalue weighted by Gasteiger charge is 2.65. The van der Waals surface area contributed by atoms with E-state index in [0.717, 1.165) is 6.07 Å². The summed E-state index contributed by atoms with van der Waals surface area (Å²) in [7, 11) is -3.53. The molecule has 7 nitrogen and oxygen atoms in total. The van der Waals surface area contributed by atoms with Crippen molar-refractivity contribution in [1.82, 2.24) is 14.2 Å². The molecule has 3 fully saturated rings. The van der Waals surface area contributed by atoms with Crippen LogP contribution in [0.3, 0.4) is 0 Å². The predicted octanol–water partition coefficient (Wildman–Crippen LogP) is 1.01. The van der Waals surface area contributed by atoms with Crippen LogP contribution >= 0.6 is 0 Å². The van der Waals surface area contributed by atoms with Gasteiger partial charge in [-0.2, -0.15) is 8.70 Å². The van der Waals surface area contributed by atoms with Crippen LogP contribution < -0.4 is 0 Å². The molecule has 0 aromatic carbocycles. The Bertz CT molecular complexity index is 894. The lowest BCUT2D eigenvalue weighted by atomic mass is 9.99. The third kappa shape index (κ3) is 2.94. The summed E-state index contributed by atoms with van der Waals surface area (Å²) < 4.78 is 60.6. The monoisotopic (exact) mass is 401 g/mol. The number of morpholine rings is 1. The zero-order chi connectivity index (χ0) is 19.6. The van der Waals surface area contributed by atoms with Crippen molar-refractivity contribution in [3.05, 3.63) is 29.6 Å². The van der Waals surface area contributed by atoms with Gasteiger partial charge in [-0.15, -0.1) is 0 Å². The Morgan fingerprint density at radius 3 is 2.85 bits per heavy atom. The van der Waals surface area contributed by atoms with E-state index in [0.29, 0.717) is 19.2 Å². The first-order chi connectivity index (χ1) is 12.6. The molecule has 0 N–H and O–H groups in total. The molecule has 0 aliphatic carbocycles. The molecule has 4 heterocycles. The van der Waals surface area contributed by atoms with Crippen LogP contribution in [0.2, 0.25) is 0 Å². The minimum Gasteiger partial charge on any atom is -0.365 e. The molecule has 0 unspecified atom stereocenters. The number of pyridine rings is 1. The van der Waals surface area contributed by atoms with Crippen LogP contribution in [-0.4, -0.2) is 71.6 Å². The maximum Gasteiger partial charge on any atom is 0.257 e. The van der Waals surface area contributed by atoms with E-state index in [2.05, 4.69) is 4.98 Å². The lowest BCUT2D eigenvalue weighted by molar-refractivity contribution is -0.0980. The number of rotatable bonds is 3. The van der Waals surface area contributed by atoms with Gasteiger partial charge in [0.1, 0.15) is 10.9 Å². The fourth-order valence-corrected chi connectivity index (χ4v) is 6.89. The van der Waals surface area contributed by atoms with Crippen molar-refractivity contribution in [3.8, 4) is 0 Å². The minimum atomic E-state index is -3.53. The van der Waals surface area contributed by atoms with Crippen molar-refractivity contribution in [2.75, 3.05) is 26.2 Å². The molecule has 3 aliphatic rings. The molecule has 10 heteroatoms. The summed E-state index contributed by atoms with van der Waals surface area (Å²) >= 11 is 0. The highest BCUT2D eigenvalue weighted by Crippen LogP contribution is 2.46. The fourth-order valence-electron chi connectivity index (χ4n) is 4.42. The standard InChI is InChI=1S/C17H21F2N3O4S/c1-10(2)6-22-9-17-8-21(7-11(26-17)3-14(17)27(22,24)25)16(23)12-4-15(19)20-5-13(12)18/h4-5,10-11,14H,3,6-9H2,1-2H3/t11-,14+,17+/m1/s1. The van der Waals surface area contributed by atoms with Crippen molar-refractivity contribution in [3.63, 3.8) is 0 Å². The van der Waals surface area contributed by atoms with Crippen molar-refractivity contribution in [2.24, 2.45) is 5.92 Å². The van der Waals surface area contributed by atoms with E-state index in [9.17, 15) is 22.0 Å². The van der Waals surface area contributed by atoms with Crippen molar-refractivity contribution in [2.45, 2.75) is 37.2 Å². The SMILES string of the molecule is CC(C)CN1C[C@@]23CN(C(=O)c4cc(F)ncc4F)C[C@@H](C[C@@H]2S1(=O)=O)O3. The molecule has 3 saturated heterocycles. The van der Waals surface area contributed by atoms with Crippen LogP contribution in [0.4, 0.5) is 8.78 Å². The quantitative estimate of drug-likeness (QED) is 0.707. The largest absolute Gasteiger partial charge is 0.365 e. The summed E-state index contributed by atoms with van der Waals surface area (Å²) in [5.74, 6) is -2.38. The molecule has 27 heavy (non-hydrogen) atoms. The molecule has 1 spiro atoms. The molecule has 1 aromatic rings. The number of carbonyl (C=O) groups excluding carboxylic acids is 1. The molecule has 1 amide bonds. The van der Waals surface area contributed by atoms with Gasteiger partial charge >= 0.3 is 0 Å². The number of nitrogens with zero attached hydrogens (tertiary/aromatic N) is 3. The minimum absolute atomic E-state index is 0.0320. The number of amides is 1. The maximum absolute atomic E-state index is 14.0. The number of hydrogen-bond acceptors (Lipinski definition) is 5. The van der Waals surface area contributed by atoms with Gasteiger partial charge in [0, 0.05) is 25.7 Å². The van der Waals surface area contributed by atoms with E-state index < -0.39 is 50.2 Å². The number of hydrogen-bond donors (Lipinski definition) is 0. The number of halogens is 2. The van der Waals surface area contributed by atoms with Gasteiger partial charge in [-0.25, -0.2) is 17.8 Å². The van der Waals surface area contributed by atoms with Gasteiger partial charge in [-0.05, 0) is 12.3 Å². The molecule has 148 valence electrons. The molecular formula is C17H21F2N3O4S. The number of aromatic nitrogens is 1. The van der Waals surface area contributed by atoms with Crippen LogP contribution in [0.25, 0.3) is 0 Å². The summed E-state index contributed by atoms with van der Waals surface area (Å²) in [6, 6.07) is 0.765. The van der Waals surface area contributed by atoms with Crippen LogP contribution in [0.15, 0.2) is 12.3 Å². The van der Waals surface area contributed by atoms with Gasteiger partial charge in [0.25, 0.3) is 5.91 Å². The smallest absolute Gasteiger partial charge is 0.257 e. The number of sulfonamides is 1. The molecular weight excluding hydrogens is 380 g/mol. The average molecular weight is 401 g/mol. The second-order valence-electron chi connectivity index (χ2n) is 7.93. The number of likely N-dealkylation sites (tertiary alicyclic amines) is 1. The maximum atomic E-state index is 14.0. The van der Waals surface area contributed by atoms with Crippen LogP contribution in [0.5, 0.6) is 0 Å². The molecule has 1 aromatic heterocycles. The second kappa shape index (κ2) is 6.18. The lowest BCUT2D eigenvalue weighted by Gasteiger charge is -2.39. The summed E-state index contributed by atoms with van der Waals surface area (Å²) in [4.78, 5) is 17.3. The molecule has 0 radical (unpaired) electrons. The van der Waals surface area contributed by atoms with E-state index in [1.54, 1.807) is 0 Å². The first-order valence-corrected chi connectivity index (χ1v) is 10.4. The number of fused-ring (bicyclic) bond motifs is 1. The zero-order valence-corrected chi connectivity index (χ0v) is 15.9. The Labute approximate surface area is 156 Å². The van der Waals surface area contributed by atoms with Gasteiger partial charge in [0.05, 0.1) is 24.4 Å². The highest BCUT2D eigenvalue weighted by atomic mass is 32.2. The average Bonchev–Trinajstić information content (AvgIpc) is 2.95. The van der Waals surface area contributed by atoms with Crippen molar-refractivity contribution in [1.29, 1.82) is 0 Å². The topological polar surface area (TPSA) is 79.8 Å². The van der Waals surface area contributed by atoms with E-state index in [-0.39, 0.29) is 25.6 Å². The number of carbonyl (C=O) groups is 1. The van der Waals surface area contributed by atoms with E-state index in [1.165, 1.54) is 9.21 Å². The third-order valence-electron chi connectivity index (χ3n) is 5.42. The lowest BCUT2D eigenvalue weighted by Crippen LogP contribution is -2.56. The van der Waals surface area contributed by atoms with Crippen LogP contribution in [0.1, 0.15) is 30.6 Å². The molecule has 2 bridgehead atoms. The van der Waals surface area contributed by atoms with Crippen LogP contribution in [-0.2, 0) is 14.8 Å². The molecule has 0 saturated carbocycles. The van der Waals surface area contributed by atoms with E-state index >= 15 is 0 Å². The number of ether oxygens (including phenoxy) is 1. The predicted molar refractivity (Wildman–Crippen MR) is 91.4 cm³/mol. The van der Waals surface area contributed by atoms with Gasteiger partial charge < -0.3 is 9.64 Å².